The van der Waals surface area contributed by atoms with Crippen molar-refractivity contribution in [3.63, 3.8) is 0 Å². The Bertz CT molecular complexity index is 1420. The van der Waals surface area contributed by atoms with Crippen molar-refractivity contribution in [2.45, 2.75) is 94.5 Å². The Hall–Kier alpha value is -5.54. The van der Waals surface area contributed by atoms with Crippen molar-refractivity contribution >= 4 is 47.4 Å². The largest absolute Gasteiger partial charge is 0.508 e. The Morgan fingerprint density at radius 2 is 1.21 bits per heavy atom. The number of phenols is 1. The lowest BCUT2D eigenvalue weighted by atomic mass is 10.0. The molecule has 0 aromatic heterocycles. The van der Waals surface area contributed by atoms with Gasteiger partial charge in [0, 0.05) is 13.0 Å². The van der Waals surface area contributed by atoms with Gasteiger partial charge < -0.3 is 70.6 Å². The first-order valence-corrected chi connectivity index (χ1v) is 16.9. The van der Waals surface area contributed by atoms with Crippen LogP contribution in [0.2, 0.25) is 0 Å². The van der Waals surface area contributed by atoms with Crippen LogP contribution in [0, 0.1) is 0 Å². The molecule has 0 aliphatic carbocycles. The fraction of sp³-hybridized carbons (Fsp3) is 0.562. The molecule has 0 aliphatic heterocycles. The highest BCUT2D eigenvalue weighted by atomic mass is 16.4. The zero-order valence-corrected chi connectivity index (χ0v) is 29.6. The van der Waals surface area contributed by atoms with E-state index in [1.165, 1.54) is 19.1 Å². The van der Waals surface area contributed by atoms with Gasteiger partial charge in [0.2, 0.25) is 35.4 Å². The number of hydrogen-bond acceptors (Lipinski definition) is 12. The average molecular weight is 752 g/mol. The zero-order chi connectivity index (χ0) is 40.1. The van der Waals surface area contributed by atoms with E-state index in [0.717, 1.165) is 0 Å². The molecule has 0 radical (unpaired) electrons. The number of carbonyl (C=O) groups excluding carboxylic acids is 6. The molecule has 53 heavy (non-hydrogen) atoms. The van der Waals surface area contributed by atoms with Gasteiger partial charge in [0.15, 0.2) is 5.96 Å². The number of carboxylic acid groups (broad SMARTS) is 1. The summed E-state index contributed by atoms with van der Waals surface area (Å²) < 4.78 is 0. The Kier molecular flexibility index (Phi) is 20.5. The van der Waals surface area contributed by atoms with E-state index in [1.54, 1.807) is 12.1 Å². The number of nitrogens with two attached hydrogens (primary N) is 5. The maximum absolute atomic E-state index is 13.4. The van der Waals surface area contributed by atoms with Crippen molar-refractivity contribution in [2.75, 3.05) is 19.7 Å². The molecule has 18 N–H and O–H groups in total. The molecule has 0 bridgehead atoms. The number of aliphatic hydroxyl groups excluding tert-OH is 1. The molecule has 0 heterocycles. The maximum Gasteiger partial charge on any atom is 0.325 e. The molecule has 0 saturated carbocycles. The van der Waals surface area contributed by atoms with E-state index in [0.29, 0.717) is 18.4 Å². The molecule has 21 nitrogen and oxygen atoms in total. The van der Waals surface area contributed by atoms with Crippen LogP contribution in [-0.2, 0) is 40.0 Å². The molecule has 1 rings (SSSR count). The number of rotatable bonds is 25. The number of guanidine groups is 1. The predicted molar refractivity (Wildman–Crippen MR) is 191 cm³/mol. The summed E-state index contributed by atoms with van der Waals surface area (Å²) in [5, 5.41) is 40.7. The number of benzene rings is 1. The van der Waals surface area contributed by atoms with Gasteiger partial charge in [-0.25, -0.2) is 0 Å². The smallest absolute Gasteiger partial charge is 0.325 e. The van der Waals surface area contributed by atoms with E-state index in [1.807, 2.05) is 0 Å². The number of nitrogens with zero attached hydrogens (tertiary/aromatic N) is 1. The number of nitrogens with one attached hydrogen (secondary N) is 5. The van der Waals surface area contributed by atoms with Gasteiger partial charge in [-0.3, -0.25) is 38.6 Å². The Morgan fingerprint density at radius 3 is 1.72 bits per heavy atom. The summed E-state index contributed by atoms with van der Waals surface area (Å²) in [4.78, 5) is 92.5. The molecule has 6 atom stereocenters. The van der Waals surface area contributed by atoms with Crippen LogP contribution in [0.5, 0.6) is 5.75 Å². The molecule has 296 valence electrons. The minimum atomic E-state index is -1.62. The second-order valence-corrected chi connectivity index (χ2v) is 12.2. The Morgan fingerprint density at radius 1 is 0.717 bits per heavy atom. The van der Waals surface area contributed by atoms with Crippen LogP contribution < -0.4 is 55.3 Å². The number of aliphatic carboxylic acids is 1. The van der Waals surface area contributed by atoms with Crippen molar-refractivity contribution < 1.29 is 48.9 Å². The summed E-state index contributed by atoms with van der Waals surface area (Å²) in [7, 11) is 0. The second-order valence-electron chi connectivity index (χ2n) is 12.2. The molecule has 0 unspecified atom stereocenters. The summed E-state index contributed by atoms with van der Waals surface area (Å²) in [5.74, 6) is -6.71. The minimum absolute atomic E-state index is 0.00104. The molecular weight excluding hydrogens is 698 g/mol. The van der Waals surface area contributed by atoms with Gasteiger partial charge in [0.05, 0.1) is 12.6 Å². The number of phenolic OH excluding ortho intramolecular Hbond substituents is 1. The average Bonchev–Trinajstić information content (AvgIpc) is 3.09. The molecule has 0 fully saturated rings. The van der Waals surface area contributed by atoms with Crippen LogP contribution in [-0.4, -0.2) is 119 Å². The fourth-order valence-electron chi connectivity index (χ4n) is 4.73. The number of primary amides is 1. The van der Waals surface area contributed by atoms with Gasteiger partial charge in [-0.15, -0.1) is 0 Å². The van der Waals surface area contributed by atoms with Gasteiger partial charge in [-0.1, -0.05) is 12.1 Å². The Labute approximate surface area is 306 Å². The normalized spacial score (nSPS) is 14.2. The molecule has 1 aromatic carbocycles. The lowest BCUT2D eigenvalue weighted by Gasteiger charge is -2.26. The van der Waals surface area contributed by atoms with E-state index in [-0.39, 0.29) is 63.3 Å². The van der Waals surface area contributed by atoms with Crippen molar-refractivity contribution in [1.82, 2.24) is 26.6 Å². The van der Waals surface area contributed by atoms with E-state index < -0.39 is 84.3 Å². The fourth-order valence-corrected chi connectivity index (χ4v) is 4.73. The minimum Gasteiger partial charge on any atom is -0.508 e. The monoisotopic (exact) mass is 751 g/mol. The highest BCUT2D eigenvalue weighted by molar-refractivity contribution is 5.96. The zero-order valence-electron chi connectivity index (χ0n) is 29.6. The molecule has 0 aliphatic rings. The first kappa shape index (κ1) is 45.5. The van der Waals surface area contributed by atoms with Crippen LogP contribution in [0.3, 0.4) is 0 Å². The van der Waals surface area contributed by atoms with Crippen molar-refractivity contribution in [3.05, 3.63) is 29.8 Å². The predicted octanol–water partition coefficient (Wildman–Crippen LogP) is -4.77. The van der Waals surface area contributed by atoms with Gasteiger partial charge in [0.25, 0.3) is 0 Å². The number of carboxylic acids is 1. The molecular formula is C32H53N11O10. The van der Waals surface area contributed by atoms with Crippen LogP contribution in [0.4, 0.5) is 0 Å². The third kappa shape index (κ3) is 18.0. The Balaban J connectivity index is 3.16. The van der Waals surface area contributed by atoms with Crippen LogP contribution >= 0.6 is 0 Å². The molecule has 1 aromatic rings. The molecule has 0 saturated heterocycles. The number of aliphatic hydroxyl groups is 1. The topological polar surface area (TPSA) is 383 Å². The number of hydrogen-bond donors (Lipinski definition) is 13. The quantitative estimate of drug-likeness (QED) is 0.0253. The third-order valence-corrected chi connectivity index (χ3v) is 7.74. The van der Waals surface area contributed by atoms with E-state index in [4.69, 9.17) is 33.8 Å². The summed E-state index contributed by atoms with van der Waals surface area (Å²) in [6, 6.07) is -2.10. The second kappa shape index (κ2) is 23.8. The summed E-state index contributed by atoms with van der Waals surface area (Å²) in [5.41, 5.74) is 28.2. The van der Waals surface area contributed by atoms with Gasteiger partial charge >= 0.3 is 5.97 Å². The van der Waals surface area contributed by atoms with Crippen LogP contribution in [0.1, 0.15) is 57.4 Å². The van der Waals surface area contributed by atoms with Gasteiger partial charge in [-0.05, 0) is 76.1 Å². The summed E-state index contributed by atoms with van der Waals surface area (Å²) in [6.45, 7) is 0.612. The van der Waals surface area contributed by atoms with Crippen LogP contribution in [0.15, 0.2) is 29.3 Å². The van der Waals surface area contributed by atoms with Crippen molar-refractivity contribution in [2.24, 2.45) is 33.7 Å². The number of unbranched alkanes of at least 4 members (excludes halogenated alkanes) is 1. The number of aliphatic imine (C=N–C) groups is 1. The van der Waals surface area contributed by atoms with Gasteiger partial charge in [-0.2, -0.15) is 0 Å². The first-order valence-electron chi connectivity index (χ1n) is 16.9. The number of amides is 6. The highest BCUT2D eigenvalue weighted by Crippen LogP contribution is 2.11. The van der Waals surface area contributed by atoms with Crippen molar-refractivity contribution in [3.8, 4) is 5.75 Å². The van der Waals surface area contributed by atoms with E-state index >= 15 is 0 Å². The van der Waals surface area contributed by atoms with Crippen molar-refractivity contribution in [1.29, 1.82) is 0 Å². The maximum atomic E-state index is 13.4. The summed E-state index contributed by atoms with van der Waals surface area (Å²) >= 11 is 0. The van der Waals surface area contributed by atoms with Gasteiger partial charge in [0.1, 0.15) is 36.0 Å². The van der Waals surface area contributed by atoms with Crippen LogP contribution in [0.25, 0.3) is 0 Å². The molecule has 0 spiro atoms. The standard InChI is InChI=1S/C32H53N11O10/c1-17(31(52)53)39-27(48)23(11-12-25(35)46)42-28(49)21(5-2-3-13-33)41-30(51)24(16-44)43-29(50)22(6-4-14-38-32(36)37)40-26(47)20(34)15-18-7-9-19(45)10-8-18/h7-10,17,20-24,44-45H,2-6,11-16,33-34H2,1H3,(H2,35,46)(H,39,48)(H,40,47)(H,41,51)(H,42,49)(H,43,50)(H,52,53)(H4,36,37,38)/t17-,20-,21-,22-,23-,24-/m0/s1. The lowest BCUT2D eigenvalue weighted by molar-refractivity contribution is -0.142. The number of carbonyl (C=O) groups is 7. The van der Waals surface area contributed by atoms with E-state index in [2.05, 4.69) is 31.6 Å². The SMILES string of the molecule is C[C@H](NC(=O)[C@H](CCC(N)=O)NC(=O)[C@H](CCCCN)NC(=O)[C@H](CO)NC(=O)[C@H](CCCN=C(N)N)NC(=O)[C@@H](N)Cc1ccc(O)cc1)C(=O)O. The molecule has 21 heteroatoms. The highest BCUT2D eigenvalue weighted by Gasteiger charge is 2.32. The number of aromatic hydroxyl groups is 1. The van der Waals surface area contributed by atoms with E-state index in [9.17, 15) is 43.8 Å². The molecule has 6 amide bonds. The third-order valence-electron chi connectivity index (χ3n) is 7.74. The summed E-state index contributed by atoms with van der Waals surface area (Å²) in [6.07, 6.45) is 0.399. The lowest BCUT2D eigenvalue weighted by Crippen LogP contribution is -2.60. The first-order chi connectivity index (χ1) is 25.0.